The lowest BCUT2D eigenvalue weighted by molar-refractivity contribution is -0.872. The monoisotopic (exact) mass is 365 g/mol. The van der Waals surface area contributed by atoms with Gasteiger partial charge in [0.2, 0.25) is 0 Å². The Morgan fingerprint density at radius 3 is 2.28 bits per heavy atom. The normalized spacial score (nSPS) is 12.7. The van der Waals surface area contributed by atoms with E-state index < -0.39 is 5.82 Å². The van der Waals surface area contributed by atoms with Gasteiger partial charge in [-0.2, -0.15) is 0 Å². The van der Waals surface area contributed by atoms with E-state index in [-0.39, 0.29) is 41.2 Å². The van der Waals surface area contributed by atoms with E-state index in [4.69, 9.17) is 0 Å². The lowest BCUT2D eigenvalue weighted by Gasteiger charge is -2.28. The zero-order valence-corrected chi connectivity index (χ0v) is 13.6. The van der Waals surface area contributed by atoms with Crippen LogP contribution in [0.15, 0.2) is 24.3 Å². The fourth-order valence-corrected chi connectivity index (χ4v) is 1.94. The Morgan fingerprint density at radius 1 is 1.28 bits per heavy atom. The maximum Gasteiger partial charge on any atom is 0.174 e. The Labute approximate surface area is 126 Å². The molecule has 1 aromatic carbocycles. The van der Waals surface area contributed by atoms with Gasteiger partial charge in [0.1, 0.15) is 5.82 Å². The van der Waals surface area contributed by atoms with E-state index >= 15 is 0 Å². The predicted octanol–water partition coefficient (Wildman–Crippen LogP) is -0.255. The first kappa shape index (κ1) is 17.5. The molecule has 0 aliphatic rings. The minimum absolute atomic E-state index is 0. The fraction of sp³-hybridized carbons (Fsp3) is 0.500. The smallest absolute Gasteiger partial charge is 0.174 e. The Kier molecular flexibility index (Phi) is 6.99. The molecule has 0 amide bonds. The number of ketones is 1. The molecule has 1 rings (SSSR count). The number of benzene rings is 1. The van der Waals surface area contributed by atoms with E-state index in [1.807, 2.05) is 28.1 Å². The predicted molar refractivity (Wildman–Crippen MR) is 67.4 cm³/mol. The van der Waals surface area contributed by atoms with Crippen molar-refractivity contribution in [1.29, 1.82) is 0 Å². The summed E-state index contributed by atoms with van der Waals surface area (Å²) in [4.78, 5) is 12.2. The molecule has 1 atom stereocenters. The molecule has 0 aromatic heterocycles. The van der Waals surface area contributed by atoms with E-state index in [1.54, 1.807) is 18.2 Å². The molecule has 0 bridgehead atoms. The molecule has 0 aliphatic heterocycles. The molecule has 0 radical (unpaired) electrons. The number of quaternary nitrogens is 1. The summed E-state index contributed by atoms with van der Waals surface area (Å²) in [5.41, 5.74) is 0.216. The van der Waals surface area contributed by atoms with Crippen LogP contribution < -0.4 is 24.0 Å². The van der Waals surface area contributed by atoms with Gasteiger partial charge in [-0.3, -0.25) is 4.79 Å². The number of hydrogen-bond acceptors (Lipinski definition) is 1. The van der Waals surface area contributed by atoms with Crippen molar-refractivity contribution in [2.45, 2.75) is 13.3 Å². The summed E-state index contributed by atoms with van der Waals surface area (Å²) in [7, 11) is 6.12. The standard InChI is InChI=1S/C14H21FNO.HI/c1-5-11(10-16(2,3)4)14(17)12-8-6-7-9-13(12)15;/h6-9,11H,5,10H2,1-4H3;1H/q+1;/p-1. The average molecular weight is 365 g/mol. The summed E-state index contributed by atoms with van der Waals surface area (Å²) in [5.74, 6) is -0.622. The third-order valence-corrected chi connectivity index (χ3v) is 2.77. The number of rotatable bonds is 5. The topological polar surface area (TPSA) is 17.1 Å². The van der Waals surface area contributed by atoms with Crippen LogP contribution in [0.2, 0.25) is 0 Å². The molecule has 4 heteroatoms. The van der Waals surface area contributed by atoms with Gasteiger partial charge in [0.15, 0.2) is 5.78 Å². The molecule has 102 valence electrons. The zero-order chi connectivity index (χ0) is 13.1. The van der Waals surface area contributed by atoms with E-state index in [9.17, 15) is 9.18 Å². The van der Waals surface area contributed by atoms with Gasteiger partial charge < -0.3 is 28.5 Å². The molecule has 0 aliphatic carbocycles. The van der Waals surface area contributed by atoms with Crippen molar-refractivity contribution in [3.8, 4) is 0 Å². The lowest BCUT2D eigenvalue weighted by atomic mass is 9.94. The van der Waals surface area contributed by atoms with Gasteiger partial charge in [0, 0.05) is 0 Å². The number of hydrogen-bond donors (Lipinski definition) is 0. The minimum atomic E-state index is -0.419. The fourth-order valence-electron chi connectivity index (χ4n) is 1.94. The zero-order valence-electron chi connectivity index (χ0n) is 11.4. The molecule has 0 heterocycles. The lowest BCUT2D eigenvalue weighted by Crippen LogP contribution is -3.00. The second kappa shape index (κ2) is 7.19. The van der Waals surface area contributed by atoms with Gasteiger partial charge in [0.25, 0.3) is 0 Å². The molecular formula is C14H21FINO. The maximum atomic E-state index is 13.5. The van der Waals surface area contributed by atoms with Crippen molar-refractivity contribution in [3.63, 3.8) is 0 Å². The Morgan fingerprint density at radius 2 is 1.83 bits per heavy atom. The first-order valence-electron chi connectivity index (χ1n) is 5.94. The van der Waals surface area contributed by atoms with Crippen LogP contribution in [-0.4, -0.2) is 38.0 Å². The minimum Gasteiger partial charge on any atom is -1.00 e. The van der Waals surface area contributed by atoms with E-state index in [0.717, 1.165) is 13.0 Å². The highest BCUT2D eigenvalue weighted by Gasteiger charge is 2.26. The molecule has 1 aromatic rings. The van der Waals surface area contributed by atoms with Crippen molar-refractivity contribution < 1.29 is 37.6 Å². The highest BCUT2D eigenvalue weighted by Crippen LogP contribution is 2.17. The molecule has 18 heavy (non-hydrogen) atoms. The number of Topliss-reactive ketones (excluding diaryl/α,β-unsaturated/α-hetero) is 1. The van der Waals surface area contributed by atoms with Crippen molar-refractivity contribution in [1.82, 2.24) is 0 Å². The Hall–Kier alpha value is -0.490. The molecule has 0 saturated carbocycles. The van der Waals surface area contributed by atoms with Gasteiger partial charge in [-0.15, -0.1) is 0 Å². The van der Waals surface area contributed by atoms with Gasteiger partial charge in [-0.05, 0) is 18.6 Å². The Balaban J connectivity index is 0.00000289. The van der Waals surface area contributed by atoms with Gasteiger partial charge >= 0.3 is 0 Å². The highest BCUT2D eigenvalue weighted by molar-refractivity contribution is 5.98. The van der Waals surface area contributed by atoms with E-state index in [0.29, 0.717) is 4.48 Å². The second-order valence-electron chi connectivity index (χ2n) is 5.42. The van der Waals surface area contributed by atoms with Crippen LogP contribution in [0, 0.1) is 11.7 Å². The molecule has 0 fully saturated rings. The summed E-state index contributed by atoms with van der Waals surface area (Å²) in [6.45, 7) is 2.70. The third kappa shape index (κ3) is 5.02. The summed E-state index contributed by atoms with van der Waals surface area (Å²) in [5, 5.41) is 0. The van der Waals surface area contributed by atoms with Crippen molar-refractivity contribution in [3.05, 3.63) is 35.6 Å². The number of carbonyl (C=O) groups excluding carboxylic acids is 1. The molecule has 0 spiro atoms. The van der Waals surface area contributed by atoms with Crippen LogP contribution in [0.25, 0.3) is 0 Å². The number of carbonyl (C=O) groups is 1. The largest absolute Gasteiger partial charge is 1.00 e. The summed E-state index contributed by atoms with van der Waals surface area (Å²) in [6, 6.07) is 6.21. The van der Waals surface area contributed by atoms with E-state index in [2.05, 4.69) is 0 Å². The molecular weight excluding hydrogens is 344 g/mol. The van der Waals surface area contributed by atoms with Crippen LogP contribution in [-0.2, 0) is 0 Å². The van der Waals surface area contributed by atoms with E-state index in [1.165, 1.54) is 6.07 Å². The SMILES string of the molecule is CCC(C[N+](C)(C)C)C(=O)c1ccccc1F.[I-]. The van der Waals surface area contributed by atoms with Crippen LogP contribution in [0.3, 0.4) is 0 Å². The summed E-state index contributed by atoms with van der Waals surface area (Å²) in [6.07, 6.45) is 0.739. The van der Waals surface area contributed by atoms with Crippen molar-refractivity contribution >= 4 is 5.78 Å². The van der Waals surface area contributed by atoms with Gasteiger partial charge in [0.05, 0.1) is 39.2 Å². The maximum absolute atomic E-state index is 13.5. The Bertz CT molecular complexity index is 401. The van der Waals surface area contributed by atoms with Crippen LogP contribution in [0.1, 0.15) is 23.7 Å². The van der Waals surface area contributed by atoms with Crippen LogP contribution in [0.5, 0.6) is 0 Å². The quantitative estimate of drug-likeness (QED) is 0.400. The van der Waals surface area contributed by atoms with Crippen molar-refractivity contribution in [2.24, 2.45) is 5.92 Å². The first-order chi connectivity index (χ1) is 7.85. The van der Waals surface area contributed by atoms with Crippen molar-refractivity contribution in [2.75, 3.05) is 27.7 Å². The third-order valence-electron chi connectivity index (χ3n) is 2.77. The molecule has 0 N–H and O–H groups in total. The number of halogens is 2. The number of nitrogens with zero attached hydrogens (tertiary/aromatic N) is 1. The summed E-state index contributed by atoms with van der Waals surface area (Å²) >= 11 is 0. The molecule has 2 nitrogen and oxygen atoms in total. The molecule has 1 unspecified atom stereocenters. The van der Waals surface area contributed by atoms with Gasteiger partial charge in [-0.25, -0.2) is 4.39 Å². The average Bonchev–Trinajstić information content (AvgIpc) is 2.24. The first-order valence-corrected chi connectivity index (χ1v) is 5.94. The van der Waals surface area contributed by atoms with Crippen LogP contribution >= 0.6 is 0 Å². The summed E-state index contributed by atoms with van der Waals surface area (Å²) < 4.78 is 14.3. The second-order valence-corrected chi connectivity index (χ2v) is 5.42. The van der Waals surface area contributed by atoms with Crippen LogP contribution in [0.4, 0.5) is 4.39 Å². The molecule has 0 saturated heterocycles. The highest BCUT2D eigenvalue weighted by atomic mass is 127. The van der Waals surface area contributed by atoms with Gasteiger partial charge in [-0.1, -0.05) is 19.1 Å².